The van der Waals surface area contributed by atoms with Gasteiger partial charge in [0.1, 0.15) is 0 Å². The Hall–Kier alpha value is -1.86. The van der Waals surface area contributed by atoms with Crippen LogP contribution in [0, 0.1) is 22.0 Å². The van der Waals surface area contributed by atoms with E-state index in [-0.39, 0.29) is 10.6 Å². The first-order chi connectivity index (χ1) is 12.2. The number of nitrogens with zero attached hydrogens (tertiary/aromatic N) is 2. The van der Waals surface area contributed by atoms with E-state index >= 15 is 0 Å². The van der Waals surface area contributed by atoms with Crippen LogP contribution in [-0.2, 0) is 6.54 Å². The summed E-state index contributed by atoms with van der Waals surface area (Å²) in [5.41, 5.74) is 1.27. The zero-order valence-electron chi connectivity index (χ0n) is 15.4. The Labute approximate surface area is 151 Å². The van der Waals surface area contributed by atoms with Crippen LogP contribution >= 0.6 is 0 Å². The van der Waals surface area contributed by atoms with Gasteiger partial charge in [-0.1, -0.05) is 57.1 Å². The summed E-state index contributed by atoms with van der Waals surface area (Å²) in [6.45, 7) is 4.14. The van der Waals surface area contributed by atoms with Gasteiger partial charge in [0, 0.05) is 25.1 Å². The SMILES string of the molecule is CCCCCCCCC#CC1CCCN1Cc1ccc([N+](=O)[O-])cc1. The highest BCUT2D eigenvalue weighted by molar-refractivity contribution is 5.33. The van der Waals surface area contributed by atoms with Crippen LogP contribution in [0.1, 0.15) is 70.3 Å². The maximum absolute atomic E-state index is 10.7. The van der Waals surface area contributed by atoms with Crippen molar-refractivity contribution >= 4 is 5.69 Å². The number of rotatable bonds is 9. The molecule has 0 amide bonds. The summed E-state index contributed by atoms with van der Waals surface area (Å²) in [6, 6.07) is 7.24. The van der Waals surface area contributed by atoms with Crippen molar-refractivity contribution in [3.05, 3.63) is 39.9 Å². The fraction of sp³-hybridized carbons (Fsp3) is 0.619. The Bertz CT molecular complexity index is 586. The molecule has 0 radical (unpaired) electrons. The van der Waals surface area contributed by atoms with E-state index in [1.165, 1.54) is 44.9 Å². The molecule has 0 saturated carbocycles. The van der Waals surface area contributed by atoms with Crippen molar-refractivity contribution in [2.45, 2.75) is 77.3 Å². The number of nitro groups is 1. The maximum atomic E-state index is 10.7. The molecule has 0 bridgehead atoms. The van der Waals surface area contributed by atoms with Gasteiger partial charge in [0.05, 0.1) is 11.0 Å². The standard InChI is InChI=1S/C21H30N2O2/c1-2-3-4-5-6-7-8-9-11-20-12-10-17-22(20)18-19-13-15-21(16-14-19)23(24)25/h13-16,20H,2-8,10,12,17-18H2,1H3. The highest BCUT2D eigenvalue weighted by atomic mass is 16.6. The zero-order valence-corrected chi connectivity index (χ0v) is 15.4. The number of nitro benzene ring substituents is 1. The molecule has 25 heavy (non-hydrogen) atoms. The van der Waals surface area contributed by atoms with Gasteiger partial charge >= 0.3 is 0 Å². The second kappa shape index (κ2) is 10.9. The zero-order chi connectivity index (χ0) is 17.9. The van der Waals surface area contributed by atoms with Crippen LogP contribution in [0.4, 0.5) is 5.69 Å². The quantitative estimate of drug-likeness (QED) is 0.264. The molecule has 1 unspecified atom stereocenters. The number of unbranched alkanes of at least 4 members (excludes halogenated alkanes) is 6. The lowest BCUT2D eigenvalue weighted by molar-refractivity contribution is -0.384. The number of benzene rings is 1. The first-order valence-corrected chi connectivity index (χ1v) is 9.66. The molecule has 1 aliphatic heterocycles. The van der Waals surface area contributed by atoms with Crippen LogP contribution in [0.2, 0.25) is 0 Å². The normalized spacial score (nSPS) is 17.2. The van der Waals surface area contributed by atoms with Gasteiger partial charge in [-0.15, -0.1) is 5.92 Å². The van der Waals surface area contributed by atoms with Crippen LogP contribution < -0.4 is 0 Å². The topological polar surface area (TPSA) is 46.4 Å². The molecule has 1 heterocycles. The van der Waals surface area contributed by atoms with E-state index in [1.54, 1.807) is 12.1 Å². The van der Waals surface area contributed by atoms with E-state index in [2.05, 4.69) is 23.7 Å². The largest absolute Gasteiger partial charge is 0.286 e. The molecule has 0 aromatic heterocycles. The Morgan fingerprint density at radius 2 is 1.88 bits per heavy atom. The fourth-order valence-corrected chi connectivity index (χ4v) is 3.32. The maximum Gasteiger partial charge on any atom is 0.269 e. The molecule has 136 valence electrons. The third kappa shape index (κ3) is 6.88. The molecular weight excluding hydrogens is 312 g/mol. The molecular formula is C21H30N2O2. The predicted octanol–water partition coefficient (Wildman–Crippen LogP) is 5.31. The van der Waals surface area contributed by atoms with E-state index in [9.17, 15) is 10.1 Å². The van der Waals surface area contributed by atoms with Gasteiger partial charge in [-0.05, 0) is 31.4 Å². The molecule has 1 saturated heterocycles. The van der Waals surface area contributed by atoms with Crippen LogP contribution in [0.15, 0.2) is 24.3 Å². The monoisotopic (exact) mass is 342 g/mol. The van der Waals surface area contributed by atoms with Crippen LogP contribution in [0.5, 0.6) is 0 Å². The molecule has 1 aliphatic rings. The second-order valence-corrected chi connectivity index (χ2v) is 6.89. The summed E-state index contributed by atoms with van der Waals surface area (Å²) in [5, 5.41) is 10.7. The van der Waals surface area contributed by atoms with E-state index in [0.717, 1.165) is 31.5 Å². The molecule has 1 aromatic carbocycles. The smallest absolute Gasteiger partial charge is 0.269 e. The van der Waals surface area contributed by atoms with Crippen molar-refractivity contribution in [2.75, 3.05) is 6.54 Å². The molecule has 0 aliphatic carbocycles. The number of hydrogen-bond donors (Lipinski definition) is 0. The van der Waals surface area contributed by atoms with Crippen molar-refractivity contribution in [2.24, 2.45) is 0 Å². The van der Waals surface area contributed by atoms with E-state index in [1.807, 2.05) is 12.1 Å². The molecule has 0 N–H and O–H groups in total. The summed E-state index contributed by atoms with van der Waals surface area (Å²) in [6.07, 6.45) is 11.2. The summed E-state index contributed by atoms with van der Waals surface area (Å²) in [5.74, 6) is 6.83. The lowest BCUT2D eigenvalue weighted by Gasteiger charge is -2.20. The van der Waals surface area contributed by atoms with Crippen molar-refractivity contribution in [3.63, 3.8) is 0 Å². The first kappa shape index (κ1) is 19.5. The first-order valence-electron chi connectivity index (χ1n) is 9.66. The van der Waals surface area contributed by atoms with Crippen LogP contribution in [-0.4, -0.2) is 22.4 Å². The summed E-state index contributed by atoms with van der Waals surface area (Å²) in [4.78, 5) is 12.8. The van der Waals surface area contributed by atoms with Crippen molar-refractivity contribution in [1.29, 1.82) is 0 Å². The van der Waals surface area contributed by atoms with Gasteiger partial charge in [-0.3, -0.25) is 15.0 Å². The van der Waals surface area contributed by atoms with Gasteiger partial charge in [0.25, 0.3) is 5.69 Å². The highest BCUT2D eigenvalue weighted by Gasteiger charge is 2.22. The minimum atomic E-state index is -0.351. The summed E-state index contributed by atoms with van der Waals surface area (Å²) in [7, 11) is 0. The van der Waals surface area contributed by atoms with Crippen molar-refractivity contribution < 1.29 is 4.92 Å². The molecule has 1 fully saturated rings. The summed E-state index contributed by atoms with van der Waals surface area (Å²) < 4.78 is 0. The summed E-state index contributed by atoms with van der Waals surface area (Å²) >= 11 is 0. The minimum Gasteiger partial charge on any atom is -0.286 e. The molecule has 4 nitrogen and oxygen atoms in total. The molecule has 1 atom stereocenters. The van der Waals surface area contributed by atoms with Crippen LogP contribution in [0.3, 0.4) is 0 Å². The Kier molecular flexibility index (Phi) is 8.48. The number of hydrogen-bond acceptors (Lipinski definition) is 3. The number of non-ortho nitro benzene ring substituents is 1. The van der Waals surface area contributed by atoms with E-state index in [0.29, 0.717) is 6.04 Å². The van der Waals surface area contributed by atoms with Crippen LogP contribution in [0.25, 0.3) is 0 Å². The third-order valence-corrected chi connectivity index (χ3v) is 4.82. The second-order valence-electron chi connectivity index (χ2n) is 6.89. The highest BCUT2D eigenvalue weighted by Crippen LogP contribution is 2.21. The van der Waals surface area contributed by atoms with Crippen molar-refractivity contribution in [3.8, 4) is 11.8 Å². The minimum absolute atomic E-state index is 0.153. The Morgan fingerprint density at radius 3 is 2.60 bits per heavy atom. The average Bonchev–Trinajstić information content (AvgIpc) is 3.05. The van der Waals surface area contributed by atoms with Gasteiger partial charge < -0.3 is 0 Å². The third-order valence-electron chi connectivity index (χ3n) is 4.82. The van der Waals surface area contributed by atoms with E-state index < -0.39 is 0 Å². The van der Waals surface area contributed by atoms with Gasteiger partial charge in [-0.25, -0.2) is 0 Å². The molecule has 0 spiro atoms. The van der Waals surface area contributed by atoms with Gasteiger partial charge in [-0.2, -0.15) is 0 Å². The lowest BCUT2D eigenvalue weighted by Crippen LogP contribution is -2.27. The van der Waals surface area contributed by atoms with Gasteiger partial charge in [0.15, 0.2) is 0 Å². The molecule has 1 aromatic rings. The molecule has 2 rings (SSSR count). The van der Waals surface area contributed by atoms with Crippen molar-refractivity contribution in [1.82, 2.24) is 4.90 Å². The van der Waals surface area contributed by atoms with E-state index in [4.69, 9.17) is 0 Å². The number of likely N-dealkylation sites (tertiary alicyclic amines) is 1. The average molecular weight is 342 g/mol. The lowest BCUT2D eigenvalue weighted by atomic mass is 10.1. The Morgan fingerprint density at radius 1 is 1.16 bits per heavy atom. The predicted molar refractivity (Wildman–Crippen MR) is 102 cm³/mol. The Balaban J connectivity index is 1.74. The fourth-order valence-electron chi connectivity index (χ4n) is 3.32. The van der Waals surface area contributed by atoms with Gasteiger partial charge in [0.2, 0.25) is 0 Å². The molecule has 4 heteroatoms.